The fourth-order valence-electron chi connectivity index (χ4n) is 2.57. The van der Waals surface area contributed by atoms with E-state index < -0.39 is 5.97 Å². The van der Waals surface area contributed by atoms with Crippen molar-refractivity contribution in [1.82, 2.24) is 0 Å². The zero-order chi connectivity index (χ0) is 14.8. The van der Waals surface area contributed by atoms with Gasteiger partial charge >= 0.3 is 5.97 Å². The topological polar surface area (TPSA) is 57.5 Å². The average molecular weight is 278 g/mol. The summed E-state index contributed by atoms with van der Waals surface area (Å²) < 4.78 is 0. The molecular weight excluding hydrogens is 264 g/mol. The highest BCUT2D eigenvalue weighted by molar-refractivity contribution is 5.99. The Labute approximate surface area is 122 Å². The Morgan fingerprint density at radius 3 is 2.57 bits per heavy atom. The maximum Gasteiger partial charge on any atom is 0.307 e. The molecule has 0 aliphatic carbocycles. The first-order valence-electron chi connectivity index (χ1n) is 6.67. The highest BCUT2D eigenvalue weighted by Gasteiger charge is 2.10. The van der Waals surface area contributed by atoms with Crippen LogP contribution in [0.2, 0.25) is 0 Å². The number of phenolic OH excluding ortho intramolecular Hbond substituents is 1. The van der Waals surface area contributed by atoms with Crippen molar-refractivity contribution in [2.24, 2.45) is 0 Å². The van der Waals surface area contributed by atoms with Crippen molar-refractivity contribution in [2.45, 2.75) is 6.42 Å². The first kappa shape index (κ1) is 13.2. The number of hydrogen-bond donors (Lipinski definition) is 2. The summed E-state index contributed by atoms with van der Waals surface area (Å²) in [7, 11) is 0. The second-order valence-electron chi connectivity index (χ2n) is 4.95. The summed E-state index contributed by atoms with van der Waals surface area (Å²) in [6, 6.07) is 18.6. The van der Waals surface area contributed by atoms with E-state index in [2.05, 4.69) is 0 Å². The molecule has 0 aromatic heterocycles. The number of aromatic hydroxyl groups is 1. The largest absolute Gasteiger partial charge is 0.507 e. The molecule has 0 atom stereocenters. The zero-order valence-electron chi connectivity index (χ0n) is 11.3. The van der Waals surface area contributed by atoms with E-state index in [1.54, 1.807) is 12.1 Å². The SMILES string of the molecule is O=C(O)Cc1cccc(-c2c(O)ccc3ccccc23)c1. The Balaban J connectivity index is 2.20. The molecule has 0 saturated carbocycles. The van der Waals surface area contributed by atoms with Gasteiger partial charge in [-0.2, -0.15) is 0 Å². The molecule has 0 unspecified atom stereocenters. The molecule has 0 aliphatic rings. The molecule has 0 heterocycles. The molecule has 0 radical (unpaired) electrons. The Bertz CT molecular complexity index is 822. The highest BCUT2D eigenvalue weighted by Crippen LogP contribution is 2.36. The van der Waals surface area contributed by atoms with Gasteiger partial charge in [0.05, 0.1) is 6.42 Å². The number of aliphatic carboxylic acids is 1. The molecule has 0 aliphatic heterocycles. The van der Waals surface area contributed by atoms with Gasteiger partial charge in [0.1, 0.15) is 5.75 Å². The smallest absolute Gasteiger partial charge is 0.307 e. The molecule has 3 heteroatoms. The summed E-state index contributed by atoms with van der Waals surface area (Å²) in [6.45, 7) is 0. The second-order valence-corrected chi connectivity index (χ2v) is 4.95. The Hall–Kier alpha value is -2.81. The molecule has 3 nitrogen and oxygen atoms in total. The van der Waals surface area contributed by atoms with E-state index in [0.29, 0.717) is 5.56 Å². The standard InChI is InChI=1S/C18H14O3/c19-16-9-8-13-5-1-2-7-15(13)18(16)14-6-3-4-12(10-14)11-17(20)21/h1-10,19H,11H2,(H,20,21). The van der Waals surface area contributed by atoms with E-state index in [0.717, 1.165) is 21.9 Å². The number of hydrogen-bond acceptors (Lipinski definition) is 2. The van der Waals surface area contributed by atoms with E-state index in [-0.39, 0.29) is 12.2 Å². The quantitative estimate of drug-likeness (QED) is 0.765. The summed E-state index contributed by atoms with van der Waals surface area (Å²) in [6.07, 6.45) is -0.0284. The molecule has 21 heavy (non-hydrogen) atoms. The summed E-state index contributed by atoms with van der Waals surface area (Å²) in [5.41, 5.74) is 2.27. The first-order chi connectivity index (χ1) is 10.1. The van der Waals surface area contributed by atoms with Crippen LogP contribution >= 0.6 is 0 Å². The van der Waals surface area contributed by atoms with Gasteiger partial charge in [-0.3, -0.25) is 4.79 Å². The van der Waals surface area contributed by atoms with E-state index in [1.165, 1.54) is 0 Å². The van der Waals surface area contributed by atoms with E-state index >= 15 is 0 Å². The number of fused-ring (bicyclic) bond motifs is 1. The van der Waals surface area contributed by atoms with Crippen molar-refractivity contribution >= 4 is 16.7 Å². The van der Waals surface area contributed by atoms with Crippen LogP contribution in [-0.2, 0) is 11.2 Å². The maximum absolute atomic E-state index is 10.8. The van der Waals surface area contributed by atoms with Crippen LogP contribution in [0.3, 0.4) is 0 Å². The predicted molar refractivity (Wildman–Crippen MR) is 82.4 cm³/mol. The van der Waals surface area contributed by atoms with Gasteiger partial charge in [0, 0.05) is 5.56 Å². The van der Waals surface area contributed by atoms with Crippen LogP contribution in [0.25, 0.3) is 21.9 Å². The average Bonchev–Trinajstić information content (AvgIpc) is 2.46. The predicted octanol–water partition coefficient (Wildman–Crippen LogP) is 3.84. The molecule has 3 aromatic carbocycles. The Kier molecular flexibility index (Phi) is 3.32. The zero-order valence-corrected chi connectivity index (χ0v) is 11.3. The Morgan fingerprint density at radius 1 is 0.952 bits per heavy atom. The van der Waals surface area contributed by atoms with E-state index in [1.807, 2.05) is 48.5 Å². The molecular formula is C18H14O3. The maximum atomic E-state index is 10.8. The van der Waals surface area contributed by atoms with Crippen LogP contribution in [-0.4, -0.2) is 16.2 Å². The van der Waals surface area contributed by atoms with Crippen molar-refractivity contribution in [3.8, 4) is 16.9 Å². The molecule has 0 amide bonds. The van der Waals surface area contributed by atoms with Gasteiger partial charge in [-0.1, -0.05) is 54.6 Å². The Morgan fingerprint density at radius 2 is 1.76 bits per heavy atom. The van der Waals surface area contributed by atoms with Crippen LogP contribution in [0, 0.1) is 0 Å². The van der Waals surface area contributed by atoms with Gasteiger partial charge in [0.15, 0.2) is 0 Å². The van der Waals surface area contributed by atoms with Gasteiger partial charge in [-0.15, -0.1) is 0 Å². The number of carboxylic acid groups (broad SMARTS) is 1. The van der Waals surface area contributed by atoms with Gasteiger partial charge in [-0.05, 0) is 28.0 Å². The molecule has 0 saturated heterocycles. The van der Waals surface area contributed by atoms with Crippen LogP contribution in [0.15, 0.2) is 60.7 Å². The van der Waals surface area contributed by atoms with Crippen LogP contribution in [0.5, 0.6) is 5.75 Å². The summed E-state index contributed by atoms with van der Waals surface area (Å²) in [5, 5.41) is 21.1. The molecule has 0 bridgehead atoms. The van der Waals surface area contributed by atoms with Crippen molar-refractivity contribution in [2.75, 3.05) is 0 Å². The van der Waals surface area contributed by atoms with Gasteiger partial charge in [0.25, 0.3) is 0 Å². The molecule has 0 fully saturated rings. The third kappa shape index (κ3) is 2.58. The van der Waals surface area contributed by atoms with Crippen LogP contribution in [0.1, 0.15) is 5.56 Å². The molecule has 2 N–H and O–H groups in total. The molecule has 104 valence electrons. The van der Waals surface area contributed by atoms with E-state index in [9.17, 15) is 9.90 Å². The fraction of sp³-hybridized carbons (Fsp3) is 0.0556. The number of benzene rings is 3. The summed E-state index contributed by atoms with van der Waals surface area (Å²) in [4.78, 5) is 10.8. The van der Waals surface area contributed by atoms with E-state index in [4.69, 9.17) is 5.11 Å². The molecule has 3 rings (SSSR count). The van der Waals surface area contributed by atoms with Crippen molar-refractivity contribution in [3.05, 3.63) is 66.2 Å². The fourth-order valence-corrected chi connectivity index (χ4v) is 2.57. The number of carboxylic acids is 1. The number of rotatable bonds is 3. The lowest BCUT2D eigenvalue weighted by Crippen LogP contribution is -1.99. The first-order valence-corrected chi connectivity index (χ1v) is 6.67. The number of carbonyl (C=O) groups is 1. The molecule has 3 aromatic rings. The summed E-state index contributed by atoms with van der Waals surface area (Å²) in [5.74, 6) is -0.671. The summed E-state index contributed by atoms with van der Waals surface area (Å²) >= 11 is 0. The normalized spacial score (nSPS) is 10.7. The minimum absolute atomic E-state index is 0.0284. The van der Waals surface area contributed by atoms with Crippen LogP contribution < -0.4 is 0 Å². The second kappa shape index (κ2) is 5.29. The minimum atomic E-state index is -0.866. The molecule has 0 spiro atoms. The van der Waals surface area contributed by atoms with Crippen molar-refractivity contribution in [3.63, 3.8) is 0 Å². The lowest BCUT2D eigenvalue weighted by atomic mass is 9.95. The lowest BCUT2D eigenvalue weighted by molar-refractivity contribution is -0.136. The lowest BCUT2D eigenvalue weighted by Gasteiger charge is -2.10. The van der Waals surface area contributed by atoms with Crippen molar-refractivity contribution in [1.29, 1.82) is 0 Å². The van der Waals surface area contributed by atoms with Crippen molar-refractivity contribution < 1.29 is 15.0 Å². The highest BCUT2D eigenvalue weighted by atomic mass is 16.4. The third-order valence-electron chi connectivity index (χ3n) is 3.48. The minimum Gasteiger partial charge on any atom is -0.507 e. The van der Waals surface area contributed by atoms with Gasteiger partial charge < -0.3 is 10.2 Å². The third-order valence-corrected chi connectivity index (χ3v) is 3.48. The van der Waals surface area contributed by atoms with Gasteiger partial charge in [-0.25, -0.2) is 0 Å². The van der Waals surface area contributed by atoms with Gasteiger partial charge in [0.2, 0.25) is 0 Å². The monoisotopic (exact) mass is 278 g/mol. The van der Waals surface area contributed by atoms with Crippen LogP contribution in [0.4, 0.5) is 0 Å². The number of phenols is 1.